The highest BCUT2D eigenvalue weighted by Crippen LogP contribution is 2.35. The van der Waals surface area contributed by atoms with E-state index in [4.69, 9.17) is 11.6 Å². The molecule has 0 aliphatic heterocycles. The van der Waals surface area contributed by atoms with Crippen molar-refractivity contribution in [3.63, 3.8) is 0 Å². The van der Waals surface area contributed by atoms with Crippen LogP contribution in [0.25, 0.3) is 10.9 Å². The summed E-state index contributed by atoms with van der Waals surface area (Å²) in [5, 5.41) is 4.39. The molecule has 0 spiro atoms. The van der Waals surface area contributed by atoms with E-state index in [0.717, 1.165) is 29.3 Å². The number of Topliss-reactive ketones (excluding diaryl/α,β-unsaturated/α-hetero) is 1. The number of nitrogens with zero attached hydrogens (tertiary/aromatic N) is 1. The summed E-state index contributed by atoms with van der Waals surface area (Å²) >= 11 is 5.86. The van der Waals surface area contributed by atoms with Crippen LogP contribution in [0.1, 0.15) is 23.2 Å². The van der Waals surface area contributed by atoms with Gasteiger partial charge in [-0.05, 0) is 43.2 Å². The summed E-state index contributed by atoms with van der Waals surface area (Å²) in [6.45, 7) is 0.154. The number of hydrogen-bond acceptors (Lipinski definition) is 2. The molecule has 1 heterocycles. The molecule has 4 nitrogen and oxygen atoms in total. The van der Waals surface area contributed by atoms with Crippen LogP contribution in [-0.2, 0) is 11.3 Å². The second-order valence-corrected chi connectivity index (χ2v) is 6.82. The molecule has 1 amide bonds. The van der Waals surface area contributed by atoms with Gasteiger partial charge in [-0.1, -0.05) is 29.8 Å². The van der Waals surface area contributed by atoms with E-state index in [1.165, 1.54) is 0 Å². The number of halogens is 1. The van der Waals surface area contributed by atoms with Gasteiger partial charge < -0.3 is 9.88 Å². The Morgan fingerprint density at radius 3 is 2.52 bits per heavy atom. The molecule has 126 valence electrons. The molecule has 1 N–H and O–H groups in total. The van der Waals surface area contributed by atoms with Gasteiger partial charge in [-0.2, -0.15) is 0 Å². The van der Waals surface area contributed by atoms with Gasteiger partial charge in [-0.25, -0.2) is 0 Å². The molecule has 1 saturated carbocycles. The number of para-hydroxylation sites is 1. The fourth-order valence-electron chi connectivity index (χ4n) is 3.03. The molecule has 1 aromatic heterocycles. The van der Waals surface area contributed by atoms with Crippen LogP contribution < -0.4 is 5.32 Å². The maximum absolute atomic E-state index is 12.5. The van der Waals surface area contributed by atoms with E-state index in [0.29, 0.717) is 10.7 Å². The van der Waals surface area contributed by atoms with Gasteiger partial charge >= 0.3 is 0 Å². The zero-order valence-electron chi connectivity index (χ0n) is 13.5. The highest BCUT2D eigenvalue weighted by atomic mass is 35.5. The van der Waals surface area contributed by atoms with E-state index in [2.05, 4.69) is 5.32 Å². The van der Waals surface area contributed by atoms with Crippen molar-refractivity contribution in [2.75, 3.05) is 5.32 Å². The number of fused-ring (bicyclic) bond motifs is 1. The number of rotatable bonds is 5. The van der Waals surface area contributed by atoms with Gasteiger partial charge in [-0.15, -0.1) is 0 Å². The Labute approximate surface area is 150 Å². The summed E-state index contributed by atoms with van der Waals surface area (Å²) in [4.78, 5) is 24.9. The fraction of sp³-hybridized carbons (Fsp3) is 0.200. The Morgan fingerprint density at radius 2 is 1.80 bits per heavy atom. The Bertz CT molecular complexity index is 955. The summed E-state index contributed by atoms with van der Waals surface area (Å²) in [7, 11) is 0. The Morgan fingerprint density at radius 1 is 1.08 bits per heavy atom. The molecule has 1 fully saturated rings. The third kappa shape index (κ3) is 3.30. The highest BCUT2D eigenvalue weighted by molar-refractivity contribution is 6.30. The number of nitrogens with one attached hydrogen (secondary N) is 1. The monoisotopic (exact) mass is 352 g/mol. The third-order valence-electron chi connectivity index (χ3n) is 4.44. The number of anilines is 1. The second-order valence-electron chi connectivity index (χ2n) is 6.38. The number of amides is 1. The Hall–Kier alpha value is -2.59. The smallest absolute Gasteiger partial charge is 0.244 e. The van der Waals surface area contributed by atoms with Gasteiger partial charge in [0, 0.05) is 39.3 Å². The van der Waals surface area contributed by atoms with E-state index in [1.54, 1.807) is 24.3 Å². The first-order valence-electron chi connectivity index (χ1n) is 8.29. The minimum Gasteiger partial charge on any atom is -0.337 e. The molecule has 0 radical (unpaired) electrons. The minimum atomic E-state index is -0.145. The van der Waals surface area contributed by atoms with Crippen molar-refractivity contribution in [3.05, 3.63) is 65.3 Å². The van der Waals surface area contributed by atoms with Crippen molar-refractivity contribution in [1.82, 2.24) is 4.57 Å². The first-order valence-corrected chi connectivity index (χ1v) is 8.67. The lowest BCUT2D eigenvalue weighted by Gasteiger charge is -2.07. The van der Waals surface area contributed by atoms with Crippen LogP contribution in [0.15, 0.2) is 54.7 Å². The molecule has 0 atom stereocenters. The topological polar surface area (TPSA) is 51.1 Å². The normalized spacial score (nSPS) is 13.8. The third-order valence-corrected chi connectivity index (χ3v) is 4.70. The van der Waals surface area contributed by atoms with Crippen molar-refractivity contribution < 1.29 is 9.59 Å². The Balaban J connectivity index is 1.59. The van der Waals surface area contributed by atoms with E-state index in [1.807, 2.05) is 35.0 Å². The average Bonchev–Trinajstić information content (AvgIpc) is 3.40. The van der Waals surface area contributed by atoms with Gasteiger partial charge in [0.2, 0.25) is 5.91 Å². The molecular weight excluding hydrogens is 336 g/mol. The van der Waals surface area contributed by atoms with Gasteiger partial charge in [0.05, 0.1) is 0 Å². The summed E-state index contributed by atoms with van der Waals surface area (Å²) in [5.41, 5.74) is 2.32. The maximum atomic E-state index is 12.5. The molecule has 3 aromatic rings. The van der Waals surface area contributed by atoms with Crippen molar-refractivity contribution in [3.8, 4) is 0 Å². The lowest BCUT2D eigenvalue weighted by Crippen LogP contribution is -2.18. The molecule has 0 unspecified atom stereocenters. The lowest BCUT2D eigenvalue weighted by atomic mass is 10.1. The second kappa shape index (κ2) is 6.37. The summed E-state index contributed by atoms with van der Waals surface area (Å²) in [6, 6.07) is 14.7. The van der Waals surface area contributed by atoms with Crippen LogP contribution in [0.2, 0.25) is 5.02 Å². The average molecular weight is 353 g/mol. The number of aromatic nitrogens is 1. The van der Waals surface area contributed by atoms with Crippen LogP contribution in [0.5, 0.6) is 0 Å². The van der Waals surface area contributed by atoms with Crippen LogP contribution in [0.3, 0.4) is 0 Å². The van der Waals surface area contributed by atoms with Crippen molar-refractivity contribution in [2.45, 2.75) is 19.4 Å². The largest absolute Gasteiger partial charge is 0.337 e. The molecule has 25 heavy (non-hydrogen) atoms. The van der Waals surface area contributed by atoms with Crippen molar-refractivity contribution >= 4 is 39.9 Å². The zero-order chi connectivity index (χ0) is 17.4. The van der Waals surface area contributed by atoms with E-state index in [9.17, 15) is 9.59 Å². The van der Waals surface area contributed by atoms with E-state index in [-0.39, 0.29) is 24.2 Å². The quantitative estimate of drug-likeness (QED) is 0.686. The van der Waals surface area contributed by atoms with Crippen molar-refractivity contribution in [1.29, 1.82) is 0 Å². The Kier molecular flexibility index (Phi) is 4.06. The predicted molar refractivity (Wildman–Crippen MR) is 99.1 cm³/mol. The first kappa shape index (κ1) is 15.9. The molecule has 5 heteroatoms. The van der Waals surface area contributed by atoms with Crippen LogP contribution in [0, 0.1) is 5.92 Å². The molecule has 2 aromatic carbocycles. The van der Waals surface area contributed by atoms with E-state index < -0.39 is 0 Å². The number of ketones is 1. The summed E-state index contributed by atoms with van der Waals surface area (Å²) in [6.07, 6.45) is 3.75. The van der Waals surface area contributed by atoms with Crippen LogP contribution in [0.4, 0.5) is 5.69 Å². The van der Waals surface area contributed by atoms with E-state index >= 15 is 0 Å². The van der Waals surface area contributed by atoms with Crippen LogP contribution in [-0.4, -0.2) is 16.3 Å². The maximum Gasteiger partial charge on any atom is 0.244 e. The van der Waals surface area contributed by atoms with Crippen molar-refractivity contribution in [2.24, 2.45) is 5.92 Å². The molecule has 4 rings (SSSR count). The van der Waals surface area contributed by atoms with Gasteiger partial charge in [-0.3, -0.25) is 9.59 Å². The standard InChI is InChI=1S/C20H17ClN2O2/c21-14-7-9-15(10-8-14)22-19(24)12-23-11-17(20(25)13-5-6-13)16-3-1-2-4-18(16)23/h1-4,7-11,13H,5-6,12H2,(H,22,24). The van der Waals surface area contributed by atoms with Gasteiger partial charge in [0.25, 0.3) is 0 Å². The number of carbonyl (C=O) groups is 2. The van der Waals surface area contributed by atoms with Gasteiger partial charge in [0.15, 0.2) is 5.78 Å². The molecule has 0 saturated heterocycles. The molecule has 0 bridgehead atoms. The predicted octanol–water partition coefficient (Wildman–Crippen LogP) is 4.53. The lowest BCUT2D eigenvalue weighted by molar-refractivity contribution is -0.116. The number of carbonyl (C=O) groups excluding carboxylic acids is 2. The summed E-state index contributed by atoms with van der Waals surface area (Å²) in [5.74, 6) is 0.198. The SMILES string of the molecule is O=C(Cn1cc(C(=O)C2CC2)c2ccccc21)Nc1ccc(Cl)cc1. The minimum absolute atomic E-state index is 0.145. The molecular formula is C20H17ClN2O2. The molecule has 1 aliphatic rings. The first-order chi connectivity index (χ1) is 12.1. The zero-order valence-corrected chi connectivity index (χ0v) is 14.3. The molecule has 1 aliphatic carbocycles. The fourth-order valence-corrected chi connectivity index (χ4v) is 3.15. The number of benzene rings is 2. The highest BCUT2D eigenvalue weighted by Gasteiger charge is 2.32. The summed E-state index contributed by atoms with van der Waals surface area (Å²) < 4.78 is 1.84. The number of hydrogen-bond donors (Lipinski definition) is 1. The van der Waals surface area contributed by atoms with Crippen LogP contribution >= 0.6 is 11.6 Å². The van der Waals surface area contributed by atoms with Gasteiger partial charge in [0.1, 0.15) is 6.54 Å².